The zero-order chi connectivity index (χ0) is 7.14. The van der Waals surface area contributed by atoms with Crippen molar-refractivity contribution >= 4 is 10.2 Å². The van der Waals surface area contributed by atoms with Crippen LogP contribution in [0.4, 0.5) is 0 Å². The first-order chi connectivity index (χ1) is 4.81. The van der Waals surface area contributed by atoms with E-state index in [1.54, 1.807) is 5.57 Å². The van der Waals surface area contributed by atoms with Crippen LogP contribution in [0, 0.1) is 11.8 Å². The summed E-state index contributed by atoms with van der Waals surface area (Å²) in [7, 11) is 1.44. The Morgan fingerprint density at radius 2 is 2.30 bits per heavy atom. The van der Waals surface area contributed by atoms with Crippen LogP contribution in [0.1, 0.15) is 26.2 Å². The minimum Gasteiger partial charge on any atom is -0.0882 e. The van der Waals surface area contributed by atoms with Crippen molar-refractivity contribution in [1.82, 2.24) is 0 Å². The Hall–Kier alpha value is -0.0431. The highest BCUT2D eigenvalue weighted by molar-refractivity contribution is 6.12. The molecule has 10 heavy (non-hydrogen) atoms. The summed E-state index contributed by atoms with van der Waals surface area (Å²) in [6.45, 7) is 2.21. The lowest BCUT2D eigenvalue weighted by atomic mass is 9.94. The van der Waals surface area contributed by atoms with E-state index in [4.69, 9.17) is 0 Å². The van der Waals surface area contributed by atoms with Gasteiger partial charge in [-0.05, 0) is 38.0 Å². The second-order valence-corrected chi connectivity index (χ2v) is 5.46. The van der Waals surface area contributed by atoms with Gasteiger partial charge in [-0.3, -0.25) is 0 Å². The Morgan fingerprint density at radius 3 is 2.70 bits per heavy atom. The lowest BCUT2D eigenvalue weighted by Crippen LogP contribution is -2.05. The van der Waals surface area contributed by atoms with Crippen LogP contribution in [0.2, 0.25) is 5.54 Å². The van der Waals surface area contributed by atoms with Crippen molar-refractivity contribution in [3.8, 4) is 0 Å². The average molecular weight is 152 g/mol. The molecule has 2 rings (SSSR count). The van der Waals surface area contributed by atoms with Crippen LogP contribution in [0.25, 0.3) is 0 Å². The molecule has 0 saturated heterocycles. The average Bonchev–Trinajstić information content (AvgIpc) is 2.44. The molecule has 0 aromatic rings. The summed E-state index contributed by atoms with van der Waals surface area (Å²) >= 11 is 0. The molecule has 0 spiro atoms. The highest BCUT2D eigenvalue weighted by Crippen LogP contribution is 2.52. The summed E-state index contributed by atoms with van der Waals surface area (Å²) < 4.78 is 0. The molecule has 56 valence electrons. The van der Waals surface area contributed by atoms with Crippen molar-refractivity contribution in [3.05, 3.63) is 11.6 Å². The molecule has 0 nitrogen and oxygen atoms in total. The monoisotopic (exact) mass is 152 g/mol. The largest absolute Gasteiger partial charge is 0.0882 e. The third-order valence-corrected chi connectivity index (χ3v) is 4.86. The van der Waals surface area contributed by atoms with Crippen LogP contribution in [0.5, 0.6) is 0 Å². The Bertz CT molecular complexity index is 170. The topological polar surface area (TPSA) is 0 Å². The van der Waals surface area contributed by atoms with E-state index in [1.807, 2.05) is 0 Å². The third-order valence-electron chi connectivity index (χ3n) is 3.44. The van der Waals surface area contributed by atoms with Crippen molar-refractivity contribution in [2.75, 3.05) is 0 Å². The van der Waals surface area contributed by atoms with Gasteiger partial charge in [0, 0.05) is 10.2 Å². The molecule has 2 aliphatic carbocycles. The molecular formula is C9H16Si. The molecule has 2 fully saturated rings. The number of hydrogen-bond donors (Lipinski definition) is 0. The maximum absolute atomic E-state index is 2.36. The van der Waals surface area contributed by atoms with E-state index >= 15 is 0 Å². The molecule has 2 aliphatic rings. The number of rotatable bonds is 0. The van der Waals surface area contributed by atoms with Gasteiger partial charge >= 0.3 is 0 Å². The van der Waals surface area contributed by atoms with Crippen molar-refractivity contribution in [2.45, 2.75) is 31.7 Å². The fraction of sp³-hybridized carbons (Fsp3) is 0.778. The highest BCUT2D eigenvalue weighted by Gasteiger charge is 2.39. The zero-order valence-electron chi connectivity index (χ0n) is 6.93. The Labute approximate surface area is 66.1 Å². The van der Waals surface area contributed by atoms with Crippen molar-refractivity contribution in [2.24, 2.45) is 11.8 Å². The quantitative estimate of drug-likeness (QED) is 0.365. The molecule has 3 atom stereocenters. The van der Waals surface area contributed by atoms with E-state index in [-0.39, 0.29) is 0 Å². The SMILES string of the molecule is CC=C1CC2CC1CC2[SiH3]. The summed E-state index contributed by atoms with van der Waals surface area (Å²) in [4.78, 5) is 0. The van der Waals surface area contributed by atoms with Gasteiger partial charge in [-0.25, -0.2) is 0 Å². The summed E-state index contributed by atoms with van der Waals surface area (Å²) in [6.07, 6.45) is 6.89. The number of fused-ring (bicyclic) bond motifs is 2. The second kappa shape index (κ2) is 2.23. The molecule has 1 heteroatoms. The molecule has 0 aromatic heterocycles. The van der Waals surface area contributed by atoms with Crippen LogP contribution in [0.3, 0.4) is 0 Å². The van der Waals surface area contributed by atoms with Gasteiger partial charge in [0.1, 0.15) is 0 Å². The Kier molecular flexibility index (Phi) is 1.48. The van der Waals surface area contributed by atoms with Gasteiger partial charge in [-0.15, -0.1) is 0 Å². The minimum atomic E-state index is 1.03. The van der Waals surface area contributed by atoms with Crippen molar-refractivity contribution in [1.29, 1.82) is 0 Å². The molecule has 0 amide bonds. The maximum atomic E-state index is 2.36. The van der Waals surface area contributed by atoms with Crippen LogP contribution in [-0.4, -0.2) is 10.2 Å². The van der Waals surface area contributed by atoms with Gasteiger partial charge in [0.15, 0.2) is 0 Å². The molecule has 0 aromatic carbocycles. The van der Waals surface area contributed by atoms with E-state index in [9.17, 15) is 0 Å². The summed E-state index contributed by atoms with van der Waals surface area (Å²) in [5, 5.41) is 0. The Balaban J connectivity index is 2.16. The van der Waals surface area contributed by atoms with E-state index in [1.165, 1.54) is 29.5 Å². The normalized spacial score (nSPS) is 49.3. The van der Waals surface area contributed by atoms with Crippen molar-refractivity contribution in [3.63, 3.8) is 0 Å². The van der Waals surface area contributed by atoms with Gasteiger partial charge in [0.05, 0.1) is 0 Å². The van der Waals surface area contributed by atoms with Gasteiger partial charge in [-0.2, -0.15) is 0 Å². The second-order valence-electron chi connectivity index (χ2n) is 3.97. The minimum absolute atomic E-state index is 1.03. The van der Waals surface area contributed by atoms with Gasteiger partial charge in [0.2, 0.25) is 0 Å². The maximum Gasteiger partial charge on any atom is 0.00712 e. The van der Waals surface area contributed by atoms with Crippen LogP contribution >= 0.6 is 0 Å². The number of allylic oxidation sites excluding steroid dienone is 2. The lowest BCUT2D eigenvalue weighted by molar-refractivity contribution is 0.560. The summed E-state index contributed by atoms with van der Waals surface area (Å²) in [5.41, 5.74) is 2.94. The van der Waals surface area contributed by atoms with Gasteiger partial charge in [0.25, 0.3) is 0 Å². The third kappa shape index (κ3) is 0.799. The number of hydrogen-bond acceptors (Lipinski definition) is 0. The highest BCUT2D eigenvalue weighted by atomic mass is 28.1. The molecule has 2 saturated carbocycles. The predicted molar refractivity (Wildman–Crippen MR) is 48.3 cm³/mol. The van der Waals surface area contributed by atoms with Gasteiger partial charge in [-0.1, -0.05) is 17.2 Å². The van der Waals surface area contributed by atoms with Crippen LogP contribution < -0.4 is 0 Å². The molecule has 3 unspecified atom stereocenters. The predicted octanol–water partition coefficient (Wildman–Crippen LogP) is 1.52. The van der Waals surface area contributed by atoms with E-state index in [0.717, 1.165) is 17.4 Å². The first kappa shape index (κ1) is 6.65. The first-order valence-corrected chi connectivity index (χ1v) is 5.61. The van der Waals surface area contributed by atoms with E-state index in [2.05, 4.69) is 13.0 Å². The zero-order valence-corrected chi connectivity index (χ0v) is 8.93. The fourth-order valence-corrected chi connectivity index (χ4v) is 3.82. The molecule has 0 N–H and O–H groups in total. The smallest absolute Gasteiger partial charge is 0.00712 e. The molecule has 0 heterocycles. The van der Waals surface area contributed by atoms with E-state index < -0.39 is 0 Å². The lowest BCUT2D eigenvalue weighted by Gasteiger charge is -2.18. The first-order valence-electron chi connectivity index (χ1n) is 4.46. The Morgan fingerprint density at radius 1 is 1.50 bits per heavy atom. The molecule has 0 aliphatic heterocycles. The standard InChI is InChI=1S/C9H16Si/c1-2-6-3-8-4-7(6)5-9(8)10/h2,7-9H,3-5H2,1,10H3. The molecule has 2 bridgehead atoms. The summed E-state index contributed by atoms with van der Waals surface area (Å²) in [5.74, 6) is 2.14. The fourth-order valence-electron chi connectivity index (χ4n) is 2.75. The van der Waals surface area contributed by atoms with E-state index in [0.29, 0.717) is 0 Å². The molecular weight excluding hydrogens is 136 g/mol. The van der Waals surface area contributed by atoms with Crippen LogP contribution in [0.15, 0.2) is 11.6 Å². The van der Waals surface area contributed by atoms with Crippen molar-refractivity contribution < 1.29 is 0 Å². The molecule has 0 radical (unpaired) electrons. The van der Waals surface area contributed by atoms with Gasteiger partial charge < -0.3 is 0 Å². The summed E-state index contributed by atoms with van der Waals surface area (Å²) in [6, 6.07) is 0. The van der Waals surface area contributed by atoms with Crippen LogP contribution in [-0.2, 0) is 0 Å².